The van der Waals surface area contributed by atoms with E-state index in [0.29, 0.717) is 12.1 Å². The van der Waals surface area contributed by atoms with Crippen molar-refractivity contribution in [2.45, 2.75) is 32.9 Å². The Morgan fingerprint density at radius 3 is 2.42 bits per heavy atom. The normalized spacial score (nSPS) is 22.5. The third-order valence-electron chi connectivity index (χ3n) is 4.17. The van der Waals surface area contributed by atoms with Crippen molar-refractivity contribution >= 4 is 0 Å². The zero-order valence-electron chi connectivity index (χ0n) is 12.9. The molecule has 106 valence electrons. The minimum Gasteiger partial charge on any atom is -0.312 e. The molecule has 2 unspecified atom stereocenters. The molecule has 1 saturated heterocycles. The molecule has 0 spiro atoms. The lowest BCUT2D eigenvalue weighted by atomic mass is 9.89. The molecule has 3 heteroatoms. The second-order valence-corrected chi connectivity index (χ2v) is 5.90. The van der Waals surface area contributed by atoms with E-state index in [1.807, 2.05) is 0 Å². The van der Waals surface area contributed by atoms with Crippen LogP contribution in [0.2, 0.25) is 0 Å². The van der Waals surface area contributed by atoms with E-state index >= 15 is 0 Å². The van der Waals surface area contributed by atoms with E-state index in [4.69, 9.17) is 0 Å². The largest absolute Gasteiger partial charge is 0.312 e. The van der Waals surface area contributed by atoms with Gasteiger partial charge in [-0.05, 0) is 51.6 Å². The molecule has 0 saturated carbocycles. The number of hydrogen-bond acceptors (Lipinski definition) is 3. The Balaban J connectivity index is 2.31. The van der Waals surface area contributed by atoms with Crippen LogP contribution < -0.4 is 10.6 Å². The van der Waals surface area contributed by atoms with Gasteiger partial charge in [0.15, 0.2) is 0 Å². The summed E-state index contributed by atoms with van der Waals surface area (Å²) in [5, 5.41) is 7.18. The second-order valence-electron chi connectivity index (χ2n) is 5.90. The zero-order valence-corrected chi connectivity index (χ0v) is 12.9. The number of nitrogens with one attached hydrogen (secondary N) is 2. The highest BCUT2D eigenvalue weighted by atomic mass is 15.2. The smallest absolute Gasteiger partial charge is 0.0491 e. The fourth-order valence-electron chi connectivity index (χ4n) is 3.38. The third kappa shape index (κ3) is 3.16. The molecule has 1 aliphatic rings. The molecular formula is C16H27N3. The van der Waals surface area contributed by atoms with Crippen LogP contribution in [0, 0.1) is 20.8 Å². The summed E-state index contributed by atoms with van der Waals surface area (Å²) in [7, 11) is 4.27. The summed E-state index contributed by atoms with van der Waals surface area (Å²) in [6.45, 7) is 9.93. The fourth-order valence-corrected chi connectivity index (χ4v) is 3.38. The van der Waals surface area contributed by atoms with Crippen LogP contribution in [0.15, 0.2) is 12.1 Å². The number of benzene rings is 1. The van der Waals surface area contributed by atoms with Crippen LogP contribution >= 0.6 is 0 Å². The van der Waals surface area contributed by atoms with Gasteiger partial charge in [0.25, 0.3) is 0 Å². The van der Waals surface area contributed by atoms with Gasteiger partial charge in [-0.15, -0.1) is 0 Å². The van der Waals surface area contributed by atoms with Gasteiger partial charge in [-0.25, -0.2) is 0 Å². The Labute approximate surface area is 117 Å². The van der Waals surface area contributed by atoms with Crippen molar-refractivity contribution < 1.29 is 0 Å². The van der Waals surface area contributed by atoms with Gasteiger partial charge < -0.3 is 15.5 Å². The number of likely N-dealkylation sites (N-methyl/N-ethyl adjacent to an activating group) is 2. The predicted octanol–water partition coefficient (Wildman–Crippen LogP) is 1.78. The molecule has 2 atom stereocenters. The van der Waals surface area contributed by atoms with Crippen molar-refractivity contribution in [1.29, 1.82) is 0 Å². The highest BCUT2D eigenvalue weighted by Crippen LogP contribution is 2.26. The van der Waals surface area contributed by atoms with E-state index in [9.17, 15) is 0 Å². The van der Waals surface area contributed by atoms with Crippen molar-refractivity contribution in [3.05, 3.63) is 34.4 Å². The predicted molar refractivity (Wildman–Crippen MR) is 81.7 cm³/mol. The first-order chi connectivity index (χ1) is 9.02. The van der Waals surface area contributed by atoms with Crippen LogP contribution in [0.4, 0.5) is 0 Å². The van der Waals surface area contributed by atoms with E-state index in [-0.39, 0.29) is 0 Å². The lowest BCUT2D eigenvalue weighted by Crippen LogP contribution is -2.54. The van der Waals surface area contributed by atoms with E-state index in [0.717, 1.165) is 19.6 Å². The van der Waals surface area contributed by atoms with Gasteiger partial charge in [0, 0.05) is 31.7 Å². The van der Waals surface area contributed by atoms with Crippen LogP contribution in [-0.2, 0) is 0 Å². The zero-order chi connectivity index (χ0) is 14.0. The number of aryl methyl sites for hydroxylation is 3. The van der Waals surface area contributed by atoms with Gasteiger partial charge in [0.05, 0.1) is 0 Å². The first-order valence-corrected chi connectivity index (χ1v) is 7.20. The summed E-state index contributed by atoms with van der Waals surface area (Å²) in [6, 6.07) is 5.44. The molecule has 3 nitrogen and oxygen atoms in total. The van der Waals surface area contributed by atoms with Gasteiger partial charge in [-0.1, -0.05) is 17.7 Å². The van der Waals surface area contributed by atoms with E-state index < -0.39 is 0 Å². The van der Waals surface area contributed by atoms with Crippen molar-refractivity contribution in [1.82, 2.24) is 15.5 Å². The Morgan fingerprint density at radius 2 is 1.89 bits per heavy atom. The van der Waals surface area contributed by atoms with Crippen LogP contribution in [0.3, 0.4) is 0 Å². The number of nitrogens with zero attached hydrogens (tertiary/aromatic N) is 1. The first-order valence-electron chi connectivity index (χ1n) is 7.20. The average Bonchev–Trinajstić information content (AvgIpc) is 2.33. The Morgan fingerprint density at radius 1 is 1.26 bits per heavy atom. The van der Waals surface area contributed by atoms with Crippen molar-refractivity contribution in [3.63, 3.8) is 0 Å². The van der Waals surface area contributed by atoms with E-state index in [1.165, 1.54) is 22.3 Å². The first kappa shape index (κ1) is 14.5. The molecule has 2 N–H and O–H groups in total. The summed E-state index contributed by atoms with van der Waals surface area (Å²) in [6.07, 6.45) is 0. The highest BCUT2D eigenvalue weighted by molar-refractivity contribution is 5.40. The molecule has 2 rings (SSSR count). The Kier molecular flexibility index (Phi) is 4.61. The molecule has 1 aromatic rings. The summed E-state index contributed by atoms with van der Waals surface area (Å²) < 4.78 is 0. The molecule has 1 heterocycles. The second kappa shape index (κ2) is 6.04. The van der Waals surface area contributed by atoms with Crippen molar-refractivity contribution in [2.24, 2.45) is 0 Å². The summed E-state index contributed by atoms with van der Waals surface area (Å²) in [5.74, 6) is 0. The standard InChI is InChI=1S/C16H27N3/c1-11-8-12(2)15(13(3)9-11)16(17-4)14-10-19(5)7-6-18-14/h8-9,14,16-18H,6-7,10H2,1-5H3. The van der Waals surface area contributed by atoms with Gasteiger partial charge in [0.1, 0.15) is 0 Å². The van der Waals surface area contributed by atoms with Crippen molar-refractivity contribution in [2.75, 3.05) is 33.7 Å². The molecule has 0 bridgehead atoms. The highest BCUT2D eigenvalue weighted by Gasteiger charge is 2.27. The van der Waals surface area contributed by atoms with Gasteiger partial charge in [-0.2, -0.15) is 0 Å². The minimum atomic E-state index is 0.378. The molecule has 19 heavy (non-hydrogen) atoms. The molecule has 1 aromatic carbocycles. The van der Waals surface area contributed by atoms with E-state index in [2.05, 4.69) is 62.5 Å². The maximum Gasteiger partial charge on any atom is 0.0491 e. The maximum absolute atomic E-state index is 3.66. The molecular weight excluding hydrogens is 234 g/mol. The molecule has 0 amide bonds. The quantitative estimate of drug-likeness (QED) is 0.868. The van der Waals surface area contributed by atoms with Crippen LogP contribution in [0.1, 0.15) is 28.3 Å². The number of rotatable bonds is 3. The topological polar surface area (TPSA) is 27.3 Å². The number of hydrogen-bond donors (Lipinski definition) is 2. The van der Waals surface area contributed by atoms with Crippen LogP contribution in [0.5, 0.6) is 0 Å². The molecule has 0 radical (unpaired) electrons. The number of piperazine rings is 1. The van der Waals surface area contributed by atoms with Gasteiger partial charge in [0.2, 0.25) is 0 Å². The Bertz CT molecular complexity index is 419. The summed E-state index contributed by atoms with van der Waals surface area (Å²) in [4.78, 5) is 2.41. The summed E-state index contributed by atoms with van der Waals surface area (Å²) >= 11 is 0. The third-order valence-corrected chi connectivity index (χ3v) is 4.17. The molecule has 0 aromatic heterocycles. The minimum absolute atomic E-state index is 0.378. The fraction of sp³-hybridized carbons (Fsp3) is 0.625. The average molecular weight is 261 g/mol. The lowest BCUT2D eigenvalue weighted by molar-refractivity contribution is 0.209. The van der Waals surface area contributed by atoms with Crippen molar-refractivity contribution in [3.8, 4) is 0 Å². The Hall–Kier alpha value is -0.900. The van der Waals surface area contributed by atoms with Crippen LogP contribution in [-0.4, -0.2) is 44.7 Å². The summed E-state index contributed by atoms with van der Waals surface area (Å²) in [5.41, 5.74) is 5.60. The molecule has 1 fully saturated rings. The molecule has 0 aliphatic carbocycles. The van der Waals surface area contributed by atoms with Gasteiger partial charge >= 0.3 is 0 Å². The maximum atomic E-state index is 3.66. The van der Waals surface area contributed by atoms with E-state index in [1.54, 1.807) is 0 Å². The van der Waals surface area contributed by atoms with Crippen LogP contribution in [0.25, 0.3) is 0 Å². The lowest BCUT2D eigenvalue weighted by Gasteiger charge is -2.37. The molecule has 1 aliphatic heterocycles. The van der Waals surface area contributed by atoms with Gasteiger partial charge in [-0.3, -0.25) is 0 Å². The SMILES string of the molecule is CNC(c1c(C)cc(C)cc1C)C1CN(C)CCN1. The monoisotopic (exact) mass is 261 g/mol.